The van der Waals surface area contributed by atoms with E-state index in [0.29, 0.717) is 20.6 Å². The Balaban J connectivity index is 2.00. The number of halogens is 2. The summed E-state index contributed by atoms with van der Waals surface area (Å²) in [6.45, 7) is 2.02. The third kappa shape index (κ3) is 3.52. The molecule has 24 heavy (non-hydrogen) atoms. The van der Waals surface area contributed by atoms with Gasteiger partial charge in [-0.25, -0.2) is 4.98 Å². The van der Waals surface area contributed by atoms with Crippen LogP contribution in [0.15, 0.2) is 47.8 Å². The number of rotatable bonds is 3. The van der Waals surface area contributed by atoms with Crippen molar-refractivity contribution in [1.29, 1.82) is 5.26 Å². The maximum atomic E-state index is 9.51. The number of aromatic nitrogens is 1. The van der Waals surface area contributed by atoms with Crippen molar-refractivity contribution in [3.05, 3.63) is 74.0 Å². The second-order valence-electron chi connectivity index (χ2n) is 5.19. The van der Waals surface area contributed by atoms with E-state index in [2.05, 4.69) is 11.1 Å². The zero-order chi connectivity index (χ0) is 17.1. The first-order valence-electron chi connectivity index (χ1n) is 7.17. The van der Waals surface area contributed by atoms with Crippen LogP contribution in [0.3, 0.4) is 0 Å². The third-order valence-corrected chi connectivity index (χ3v) is 4.97. The monoisotopic (exact) mass is 370 g/mol. The molecule has 0 saturated carbocycles. The van der Waals surface area contributed by atoms with Gasteiger partial charge in [-0.3, -0.25) is 0 Å². The Kier molecular flexibility index (Phi) is 5.01. The zero-order valence-corrected chi connectivity index (χ0v) is 15.1. The minimum Gasteiger partial charge on any atom is -0.235 e. The standard InChI is InChI=1S/C19H12Cl2N2S/c1-12-4-2-3-5-13(12)8-14(10-22)19-23-18(11-24-19)16-7-6-15(20)9-17(16)21/h2-9,11H,1H3/b14-8+. The van der Waals surface area contributed by atoms with Gasteiger partial charge in [0.05, 0.1) is 16.3 Å². The third-order valence-electron chi connectivity index (χ3n) is 3.55. The van der Waals surface area contributed by atoms with E-state index in [9.17, 15) is 5.26 Å². The number of hydrogen-bond donors (Lipinski definition) is 0. The minimum atomic E-state index is 0.533. The van der Waals surface area contributed by atoms with E-state index in [-0.39, 0.29) is 0 Å². The molecule has 0 unspecified atom stereocenters. The van der Waals surface area contributed by atoms with Crippen molar-refractivity contribution in [3.8, 4) is 17.3 Å². The lowest BCUT2D eigenvalue weighted by molar-refractivity contribution is 1.37. The summed E-state index contributed by atoms with van der Waals surface area (Å²) in [5.41, 5.74) is 4.20. The lowest BCUT2D eigenvalue weighted by Gasteiger charge is -2.01. The first-order chi connectivity index (χ1) is 11.6. The number of benzene rings is 2. The maximum Gasteiger partial charge on any atom is 0.134 e. The van der Waals surface area contributed by atoms with E-state index in [4.69, 9.17) is 23.2 Å². The molecule has 0 fully saturated rings. The topological polar surface area (TPSA) is 36.7 Å². The highest BCUT2D eigenvalue weighted by atomic mass is 35.5. The average molecular weight is 371 g/mol. The Hall–Kier alpha value is -2.12. The molecule has 0 amide bonds. The fraction of sp³-hybridized carbons (Fsp3) is 0.0526. The first-order valence-corrected chi connectivity index (χ1v) is 8.81. The van der Waals surface area contributed by atoms with E-state index in [1.807, 2.05) is 48.7 Å². The summed E-state index contributed by atoms with van der Waals surface area (Å²) in [5.74, 6) is 0. The number of nitriles is 1. The fourth-order valence-electron chi connectivity index (χ4n) is 2.26. The largest absolute Gasteiger partial charge is 0.235 e. The summed E-state index contributed by atoms with van der Waals surface area (Å²) in [6.07, 6.45) is 1.86. The van der Waals surface area contributed by atoms with Gasteiger partial charge in [0.15, 0.2) is 0 Å². The second kappa shape index (κ2) is 7.19. The number of allylic oxidation sites excluding steroid dienone is 1. The molecule has 0 atom stereocenters. The number of aryl methyl sites for hydroxylation is 1. The molecule has 2 nitrogen and oxygen atoms in total. The highest BCUT2D eigenvalue weighted by molar-refractivity contribution is 7.11. The Morgan fingerprint density at radius 2 is 2.00 bits per heavy atom. The van der Waals surface area contributed by atoms with Crippen molar-refractivity contribution in [3.63, 3.8) is 0 Å². The Morgan fingerprint density at radius 1 is 1.21 bits per heavy atom. The molecule has 0 bridgehead atoms. The van der Waals surface area contributed by atoms with Gasteiger partial charge < -0.3 is 0 Å². The van der Waals surface area contributed by atoms with Crippen molar-refractivity contribution >= 4 is 46.2 Å². The molecule has 0 aliphatic rings. The van der Waals surface area contributed by atoms with Gasteiger partial charge in [0.1, 0.15) is 11.1 Å². The van der Waals surface area contributed by atoms with Crippen LogP contribution in [0.1, 0.15) is 16.1 Å². The molecule has 0 N–H and O–H groups in total. The molecule has 0 spiro atoms. The first kappa shape index (κ1) is 16.7. The summed E-state index contributed by atoms with van der Waals surface area (Å²) >= 11 is 13.6. The van der Waals surface area contributed by atoms with Gasteiger partial charge in [-0.05, 0) is 42.3 Å². The van der Waals surface area contributed by atoms with Gasteiger partial charge in [-0.2, -0.15) is 5.26 Å². The van der Waals surface area contributed by atoms with Crippen LogP contribution >= 0.6 is 34.5 Å². The normalized spacial score (nSPS) is 11.3. The van der Waals surface area contributed by atoms with Gasteiger partial charge in [0, 0.05) is 16.0 Å². The van der Waals surface area contributed by atoms with Gasteiger partial charge in [-0.15, -0.1) is 11.3 Å². The highest BCUT2D eigenvalue weighted by Gasteiger charge is 2.12. The second-order valence-corrected chi connectivity index (χ2v) is 6.89. The Labute approximate surface area is 154 Å². The van der Waals surface area contributed by atoms with E-state index in [0.717, 1.165) is 22.4 Å². The van der Waals surface area contributed by atoms with Crippen LogP contribution in [-0.4, -0.2) is 4.98 Å². The van der Waals surface area contributed by atoms with Crippen LogP contribution in [0.5, 0.6) is 0 Å². The Bertz CT molecular complexity index is 967. The number of hydrogen-bond acceptors (Lipinski definition) is 3. The highest BCUT2D eigenvalue weighted by Crippen LogP contribution is 2.33. The van der Waals surface area contributed by atoms with Crippen LogP contribution in [0.25, 0.3) is 22.9 Å². The van der Waals surface area contributed by atoms with E-state index >= 15 is 0 Å². The molecule has 0 aliphatic heterocycles. The van der Waals surface area contributed by atoms with Crippen molar-refractivity contribution < 1.29 is 0 Å². The maximum absolute atomic E-state index is 9.51. The SMILES string of the molecule is Cc1ccccc1/C=C(\C#N)c1nc(-c2ccc(Cl)cc2Cl)cs1. The minimum absolute atomic E-state index is 0.533. The summed E-state index contributed by atoms with van der Waals surface area (Å²) < 4.78 is 0. The van der Waals surface area contributed by atoms with E-state index in [1.54, 1.807) is 12.1 Å². The lowest BCUT2D eigenvalue weighted by atomic mass is 10.1. The molecule has 5 heteroatoms. The van der Waals surface area contributed by atoms with Crippen LogP contribution < -0.4 is 0 Å². The quantitative estimate of drug-likeness (QED) is 0.494. The number of thiazole rings is 1. The molecule has 118 valence electrons. The summed E-state index contributed by atoms with van der Waals surface area (Å²) in [4.78, 5) is 4.57. The fourth-order valence-corrected chi connectivity index (χ4v) is 3.56. The molecule has 1 heterocycles. The van der Waals surface area contributed by atoms with Gasteiger partial charge >= 0.3 is 0 Å². The summed E-state index contributed by atoms with van der Waals surface area (Å²) in [5, 5.41) is 13.2. The van der Waals surface area contributed by atoms with Gasteiger partial charge in [-0.1, -0.05) is 47.5 Å². The molecule has 3 aromatic rings. The van der Waals surface area contributed by atoms with Crippen LogP contribution in [0.4, 0.5) is 0 Å². The predicted molar refractivity (Wildman–Crippen MR) is 102 cm³/mol. The molecule has 0 aliphatic carbocycles. The molecular formula is C19H12Cl2N2S. The number of nitrogens with zero attached hydrogens (tertiary/aromatic N) is 2. The predicted octanol–water partition coefficient (Wildman–Crippen LogP) is 6.49. The summed E-state index contributed by atoms with van der Waals surface area (Å²) in [6, 6.07) is 15.5. The summed E-state index contributed by atoms with van der Waals surface area (Å²) in [7, 11) is 0. The van der Waals surface area contributed by atoms with Crippen LogP contribution in [0.2, 0.25) is 10.0 Å². The smallest absolute Gasteiger partial charge is 0.134 e. The van der Waals surface area contributed by atoms with Crippen LogP contribution in [0, 0.1) is 18.3 Å². The van der Waals surface area contributed by atoms with E-state index < -0.39 is 0 Å². The van der Waals surface area contributed by atoms with Crippen molar-refractivity contribution in [1.82, 2.24) is 4.98 Å². The zero-order valence-electron chi connectivity index (χ0n) is 12.8. The van der Waals surface area contributed by atoms with Crippen molar-refractivity contribution in [2.45, 2.75) is 6.92 Å². The molecular weight excluding hydrogens is 359 g/mol. The van der Waals surface area contributed by atoms with Crippen LogP contribution in [-0.2, 0) is 0 Å². The van der Waals surface area contributed by atoms with Gasteiger partial charge in [0.2, 0.25) is 0 Å². The van der Waals surface area contributed by atoms with Crippen molar-refractivity contribution in [2.75, 3.05) is 0 Å². The molecule has 0 radical (unpaired) electrons. The Morgan fingerprint density at radius 3 is 2.71 bits per heavy atom. The molecule has 3 rings (SSSR count). The molecule has 2 aromatic carbocycles. The molecule has 1 aromatic heterocycles. The molecule has 0 saturated heterocycles. The van der Waals surface area contributed by atoms with E-state index in [1.165, 1.54) is 11.3 Å². The average Bonchev–Trinajstić information content (AvgIpc) is 3.03. The van der Waals surface area contributed by atoms with Gasteiger partial charge in [0.25, 0.3) is 0 Å². The van der Waals surface area contributed by atoms with Crippen molar-refractivity contribution in [2.24, 2.45) is 0 Å². The lowest BCUT2D eigenvalue weighted by Crippen LogP contribution is -1.85.